The van der Waals surface area contributed by atoms with E-state index in [0.29, 0.717) is 54.7 Å². The zero-order chi connectivity index (χ0) is 25.5. The lowest BCUT2D eigenvalue weighted by atomic mass is 10.0. The summed E-state index contributed by atoms with van der Waals surface area (Å²) in [5, 5.41) is 5.66. The maximum Gasteiger partial charge on any atom is 0.253 e. The van der Waals surface area contributed by atoms with Crippen molar-refractivity contribution in [3.63, 3.8) is 0 Å². The van der Waals surface area contributed by atoms with Crippen molar-refractivity contribution in [3.05, 3.63) is 89.4 Å². The predicted octanol–water partition coefficient (Wildman–Crippen LogP) is 3.73. The lowest BCUT2D eigenvalue weighted by Crippen LogP contribution is -2.50. The van der Waals surface area contributed by atoms with Crippen LogP contribution in [0.3, 0.4) is 0 Å². The molecule has 8 nitrogen and oxygen atoms in total. The molecule has 2 aromatic carbocycles. The van der Waals surface area contributed by atoms with Crippen molar-refractivity contribution < 1.29 is 18.8 Å². The van der Waals surface area contributed by atoms with E-state index in [0.717, 1.165) is 0 Å². The number of hydrogen-bond acceptors (Lipinski definition) is 5. The van der Waals surface area contributed by atoms with Gasteiger partial charge >= 0.3 is 0 Å². The Morgan fingerprint density at radius 3 is 2.31 bits per heavy atom. The second kappa shape index (κ2) is 11.7. The average Bonchev–Trinajstić information content (AvgIpc) is 3.41. The molecule has 0 atom stereocenters. The Labute approximate surface area is 211 Å². The molecule has 3 aromatic rings. The van der Waals surface area contributed by atoms with Crippen molar-refractivity contribution in [1.82, 2.24) is 15.1 Å². The van der Waals surface area contributed by atoms with E-state index in [4.69, 9.17) is 4.42 Å². The summed E-state index contributed by atoms with van der Waals surface area (Å²) in [5.41, 5.74) is 2.74. The first-order valence-corrected chi connectivity index (χ1v) is 12.2. The third kappa shape index (κ3) is 6.40. The Morgan fingerprint density at radius 2 is 1.64 bits per heavy atom. The number of rotatable bonds is 8. The standard InChI is InChI=1S/C28H32N4O4/c1-20(2)21-9-11-22(12-10-21)28(35)32-15-13-31(14-16-32)19-26(33)30-25-8-4-3-7-24(25)27(34)29-18-23-6-5-17-36-23/h3-12,17,20H,13-16,18-19H2,1-2H3,(H,29,34)(H,30,33). The normalized spacial score (nSPS) is 14.0. The Hall–Kier alpha value is -3.91. The molecule has 0 saturated carbocycles. The van der Waals surface area contributed by atoms with Gasteiger partial charge in [-0.05, 0) is 47.9 Å². The molecule has 1 fully saturated rings. The van der Waals surface area contributed by atoms with Gasteiger partial charge in [0.05, 0.1) is 30.6 Å². The molecule has 0 spiro atoms. The quantitative estimate of drug-likeness (QED) is 0.504. The van der Waals surface area contributed by atoms with Gasteiger partial charge in [-0.3, -0.25) is 19.3 Å². The van der Waals surface area contributed by atoms with E-state index >= 15 is 0 Å². The number of benzene rings is 2. The average molecular weight is 489 g/mol. The number of nitrogens with zero attached hydrogens (tertiary/aromatic N) is 2. The van der Waals surface area contributed by atoms with Crippen LogP contribution in [-0.4, -0.2) is 60.2 Å². The molecule has 1 aliphatic heterocycles. The van der Waals surface area contributed by atoms with Gasteiger partial charge in [0.15, 0.2) is 0 Å². The largest absolute Gasteiger partial charge is 0.467 e. The number of furan rings is 1. The Kier molecular flexibility index (Phi) is 8.17. The molecule has 1 aromatic heterocycles. The zero-order valence-corrected chi connectivity index (χ0v) is 20.7. The molecule has 0 aliphatic carbocycles. The van der Waals surface area contributed by atoms with Gasteiger partial charge in [0.2, 0.25) is 5.91 Å². The van der Waals surface area contributed by atoms with Crippen LogP contribution < -0.4 is 10.6 Å². The predicted molar refractivity (Wildman–Crippen MR) is 138 cm³/mol. The second-order valence-electron chi connectivity index (χ2n) is 9.20. The maximum atomic E-state index is 12.9. The smallest absolute Gasteiger partial charge is 0.253 e. The van der Waals surface area contributed by atoms with Crippen LogP contribution in [0.1, 0.15) is 51.8 Å². The van der Waals surface area contributed by atoms with Gasteiger partial charge in [0.25, 0.3) is 11.8 Å². The van der Waals surface area contributed by atoms with Gasteiger partial charge in [0.1, 0.15) is 5.76 Å². The molecule has 4 rings (SSSR count). The van der Waals surface area contributed by atoms with Gasteiger partial charge in [-0.1, -0.05) is 38.1 Å². The van der Waals surface area contributed by atoms with Crippen LogP contribution in [0.2, 0.25) is 0 Å². The number of carbonyl (C=O) groups is 3. The van der Waals surface area contributed by atoms with Gasteiger partial charge in [0, 0.05) is 31.7 Å². The fourth-order valence-corrected chi connectivity index (χ4v) is 4.16. The molecule has 2 N–H and O–H groups in total. The molecule has 1 saturated heterocycles. The van der Waals surface area contributed by atoms with Gasteiger partial charge in [-0.25, -0.2) is 0 Å². The first-order valence-electron chi connectivity index (χ1n) is 12.2. The topological polar surface area (TPSA) is 94.9 Å². The van der Waals surface area contributed by atoms with E-state index in [-0.39, 0.29) is 30.8 Å². The van der Waals surface area contributed by atoms with E-state index in [1.54, 1.807) is 42.7 Å². The lowest BCUT2D eigenvalue weighted by molar-refractivity contribution is -0.117. The lowest BCUT2D eigenvalue weighted by Gasteiger charge is -2.34. The third-order valence-corrected chi connectivity index (χ3v) is 6.30. The Morgan fingerprint density at radius 1 is 0.917 bits per heavy atom. The van der Waals surface area contributed by atoms with Crippen LogP contribution in [0.15, 0.2) is 71.3 Å². The highest BCUT2D eigenvalue weighted by Crippen LogP contribution is 2.18. The molecule has 8 heteroatoms. The van der Waals surface area contributed by atoms with Crippen molar-refractivity contribution in [3.8, 4) is 0 Å². The fourth-order valence-electron chi connectivity index (χ4n) is 4.16. The van der Waals surface area contributed by atoms with Crippen LogP contribution in [0.25, 0.3) is 0 Å². The minimum atomic E-state index is -0.296. The number of amides is 3. The monoisotopic (exact) mass is 488 g/mol. The van der Waals surface area contributed by atoms with Crippen molar-refractivity contribution >= 4 is 23.4 Å². The first kappa shape index (κ1) is 25.2. The van der Waals surface area contributed by atoms with Crippen molar-refractivity contribution in [1.29, 1.82) is 0 Å². The summed E-state index contributed by atoms with van der Waals surface area (Å²) >= 11 is 0. The minimum absolute atomic E-state index is 0.0175. The fraction of sp³-hybridized carbons (Fsp3) is 0.321. The van der Waals surface area contributed by atoms with E-state index in [1.165, 1.54) is 5.56 Å². The number of para-hydroxylation sites is 1. The Bertz CT molecular complexity index is 1180. The number of carbonyl (C=O) groups excluding carboxylic acids is 3. The van der Waals surface area contributed by atoms with E-state index in [9.17, 15) is 14.4 Å². The molecule has 0 radical (unpaired) electrons. The first-order chi connectivity index (χ1) is 17.4. The Balaban J connectivity index is 1.27. The summed E-state index contributed by atoms with van der Waals surface area (Å²) in [5.74, 6) is 0.590. The molecule has 188 valence electrons. The van der Waals surface area contributed by atoms with Crippen LogP contribution in [0.4, 0.5) is 5.69 Å². The van der Waals surface area contributed by atoms with Crippen LogP contribution in [0.5, 0.6) is 0 Å². The molecular formula is C28H32N4O4. The zero-order valence-electron chi connectivity index (χ0n) is 20.7. The van der Waals surface area contributed by atoms with E-state index < -0.39 is 0 Å². The summed E-state index contributed by atoms with van der Waals surface area (Å²) in [4.78, 5) is 42.1. The summed E-state index contributed by atoms with van der Waals surface area (Å²) < 4.78 is 5.25. The highest BCUT2D eigenvalue weighted by atomic mass is 16.3. The number of piperazine rings is 1. The van der Waals surface area contributed by atoms with Crippen LogP contribution >= 0.6 is 0 Å². The van der Waals surface area contributed by atoms with Gasteiger partial charge < -0.3 is 20.0 Å². The van der Waals surface area contributed by atoms with Gasteiger partial charge in [-0.2, -0.15) is 0 Å². The van der Waals surface area contributed by atoms with Crippen LogP contribution in [-0.2, 0) is 11.3 Å². The summed E-state index contributed by atoms with van der Waals surface area (Å²) in [6.45, 7) is 7.04. The molecular weight excluding hydrogens is 456 g/mol. The van der Waals surface area contributed by atoms with Crippen molar-refractivity contribution in [2.75, 3.05) is 38.0 Å². The molecule has 1 aliphatic rings. The molecule has 36 heavy (non-hydrogen) atoms. The minimum Gasteiger partial charge on any atom is -0.467 e. The SMILES string of the molecule is CC(C)c1ccc(C(=O)N2CCN(CC(=O)Nc3ccccc3C(=O)NCc3ccco3)CC2)cc1. The number of nitrogens with one attached hydrogen (secondary N) is 2. The maximum absolute atomic E-state index is 12.9. The molecule has 0 unspecified atom stereocenters. The number of hydrogen-bond donors (Lipinski definition) is 2. The van der Waals surface area contributed by atoms with E-state index in [2.05, 4.69) is 24.5 Å². The molecule has 2 heterocycles. The summed E-state index contributed by atoms with van der Waals surface area (Å²) in [6, 6.07) is 18.2. The third-order valence-electron chi connectivity index (χ3n) is 6.30. The molecule has 3 amide bonds. The van der Waals surface area contributed by atoms with E-state index in [1.807, 2.05) is 34.1 Å². The van der Waals surface area contributed by atoms with Gasteiger partial charge in [-0.15, -0.1) is 0 Å². The number of anilines is 1. The highest BCUT2D eigenvalue weighted by Gasteiger charge is 2.24. The second-order valence-corrected chi connectivity index (χ2v) is 9.20. The summed E-state index contributed by atoms with van der Waals surface area (Å²) in [6.07, 6.45) is 1.55. The highest BCUT2D eigenvalue weighted by molar-refractivity contribution is 6.04. The van der Waals surface area contributed by atoms with Crippen molar-refractivity contribution in [2.45, 2.75) is 26.3 Å². The molecule has 0 bridgehead atoms. The van der Waals surface area contributed by atoms with Crippen LogP contribution in [0, 0.1) is 0 Å². The van der Waals surface area contributed by atoms with Crippen molar-refractivity contribution in [2.24, 2.45) is 0 Å². The summed E-state index contributed by atoms with van der Waals surface area (Å²) in [7, 11) is 0.